The molecule has 1 aliphatic heterocycles. The summed E-state index contributed by atoms with van der Waals surface area (Å²) in [7, 11) is 0. The molecule has 0 bridgehead atoms. The van der Waals surface area contributed by atoms with E-state index in [1.54, 1.807) is 6.92 Å². The van der Waals surface area contributed by atoms with Gasteiger partial charge in [0.2, 0.25) is 0 Å². The Hall–Kier alpha value is -1.39. The van der Waals surface area contributed by atoms with Crippen LogP contribution in [0.2, 0.25) is 0 Å². The van der Waals surface area contributed by atoms with Gasteiger partial charge < -0.3 is 9.84 Å². The molecule has 1 atom stereocenters. The third kappa shape index (κ3) is 2.13. The van der Waals surface area contributed by atoms with Gasteiger partial charge >= 0.3 is 5.97 Å². The first-order valence-corrected chi connectivity index (χ1v) is 6.19. The van der Waals surface area contributed by atoms with Crippen molar-refractivity contribution in [3.05, 3.63) is 35.4 Å². The molecule has 2 rings (SSSR count). The van der Waals surface area contributed by atoms with Crippen molar-refractivity contribution in [2.24, 2.45) is 0 Å². The molecule has 1 fully saturated rings. The van der Waals surface area contributed by atoms with Crippen molar-refractivity contribution < 1.29 is 14.6 Å². The number of rotatable bonds is 3. The minimum Gasteiger partial charge on any atom is -0.480 e. The molecule has 0 amide bonds. The number of carboxylic acids is 1. The van der Waals surface area contributed by atoms with Gasteiger partial charge in [-0.1, -0.05) is 24.3 Å². The van der Waals surface area contributed by atoms with Crippen LogP contribution in [-0.4, -0.2) is 42.3 Å². The number of morpholine rings is 1. The topological polar surface area (TPSA) is 49.8 Å². The van der Waals surface area contributed by atoms with Crippen LogP contribution in [-0.2, 0) is 15.1 Å². The first kappa shape index (κ1) is 13.1. The molecule has 1 aliphatic rings. The molecule has 0 aliphatic carbocycles. The van der Waals surface area contributed by atoms with E-state index in [1.165, 1.54) is 0 Å². The van der Waals surface area contributed by atoms with Crippen LogP contribution in [0.1, 0.15) is 18.1 Å². The Morgan fingerprint density at radius 2 is 1.94 bits per heavy atom. The van der Waals surface area contributed by atoms with E-state index in [0.717, 1.165) is 11.1 Å². The summed E-state index contributed by atoms with van der Waals surface area (Å²) in [5, 5.41) is 9.68. The zero-order valence-corrected chi connectivity index (χ0v) is 10.8. The standard InChI is InChI=1S/C14H19NO3/c1-11-5-3-4-6-12(11)14(2,13(16)17)15-7-9-18-10-8-15/h3-6H,7-10H2,1-2H3,(H,16,17)/t14-/m1/s1. The fourth-order valence-corrected chi connectivity index (χ4v) is 2.55. The summed E-state index contributed by atoms with van der Waals surface area (Å²) in [6.45, 7) is 6.22. The molecule has 1 N–H and O–H groups in total. The number of aryl methyl sites for hydroxylation is 1. The molecule has 1 aromatic rings. The predicted octanol–water partition coefficient (Wildman–Crippen LogP) is 1.63. The average Bonchev–Trinajstić information content (AvgIpc) is 2.39. The highest BCUT2D eigenvalue weighted by molar-refractivity contribution is 5.80. The smallest absolute Gasteiger partial charge is 0.328 e. The molecule has 1 heterocycles. The van der Waals surface area contributed by atoms with Crippen molar-refractivity contribution in [2.75, 3.05) is 26.3 Å². The van der Waals surface area contributed by atoms with E-state index in [1.807, 2.05) is 36.1 Å². The average molecular weight is 249 g/mol. The van der Waals surface area contributed by atoms with Crippen LogP contribution in [0.5, 0.6) is 0 Å². The van der Waals surface area contributed by atoms with Gasteiger partial charge in [0.05, 0.1) is 13.2 Å². The van der Waals surface area contributed by atoms with Gasteiger partial charge in [-0.05, 0) is 25.0 Å². The number of ether oxygens (including phenoxy) is 1. The maximum Gasteiger partial charge on any atom is 0.328 e. The largest absolute Gasteiger partial charge is 0.480 e. The van der Waals surface area contributed by atoms with Crippen LogP contribution in [0.15, 0.2) is 24.3 Å². The van der Waals surface area contributed by atoms with Gasteiger partial charge in [-0.3, -0.25) is 4.90 Å². The Labute approximate surface area is 107 Å². The van der Waals surface area contributed by atoms with E-state index in [9.17, 15) is 9.90 Å². The summed E-state index contributed by atoms with van der Waals surface area (Å²) in [6, 6.07) is 7.68. The first-order chi connectivity index (χ1) is 8.56. The second-order valence-corrected chi connectivity index (χ2v) is 4.79. The van der Waals surface area contributed by atoms with Crippen molar-refractivity contribution in [2.45, 2.75) is 19.4 Å². The summed E-state index contributed by atoms with van der Waals surface area (Å²) in [6.07, 6.45) is 0. The zero-order chi connectivity index (χ0) is 13.2. The third-order valence-corrected chi connectivity index (χ3v) is 3.73. The molecule has 4 nitrogen and oxygen atoms in total. The van der Waals surface area contributed by atoms with Gasteiger partial charge in [0.1, 0.15) is 5.54 Å². The Morgan fingerprint density at radius 3 is 2.50 bits per heavy atom. The molecular formula is C14H19NO3. The normalized spacial score (nSPS) is 20.3. The molecule has 0 unspecified atom stereocenters. The van der Waals surface area contributed by atoms with Gasteiger partial charge in [-0.25, -0.2) is 4.79 Å². The van der Waals surface area contributed by atoms with Crippen LogP contribution in [0.4, 0.5) is 0 Å². The monoisotopic (exact) mass is 249 g/mol. The van der Waals surface area contributed by atoms with Crippen molar-refractivity contribution in [1.82, 2.24) is 4.90 Å². The van der Waals surface area contributed by atoms with Crippen LogP contribution < -0.4 is 0 Å². The number of hydrogen-bond acceptors (Lipinski definition) is 3. The highest BCUT2D eigenvalue weighted by Crippen LogP contribution is 2.31. The maximum atomic E-state index is 11.8. The van der Waals surface area contributed by atoms with Crippen LogP contribution in [0, 0.1) is 6.92 Å². The molecule has 4 heteroatoms. The Kier molecular flexibility index (Phi) is 3.68. The molecule has 0 radical (unpaired) electrons. The molecule has 0 saturated carbocycles. The van der Waals surface area contributed by atoms with E-state index in [0.29, 0.717) is 26.3 Å². The summed E-state index contributed by atoms with van der Waals surface area (Å²) in [5.41, 5.74) is 0.892. The Balaban J connectivity index is 2.43. The van der Waals surface area contributed by atoms with E-state index in [2.05, 4.69) is 0 Å². The number of nitrogens with zero attached hydrogens (tertiary/aromatic N) is 1. The van der Waals surface area contributed by atoms with Crippen molar-refractivity contribution >= 4 is 5.97 Å². The van der Waals surface area contributed by atoms with E-state index >= 15 is 0 Å². The number of aliphatic carboxylic acids is 1. The van der Waals surface area contributed by atoms with Gasteiger partial charge in [-0.2, -0.15) is 0 Å². The van der Waals surface area contributed by atoms with E-state index < -0.39 is 11.5 Å². The molecule has 0 aromatic heterocycles. The van der Waals surface area contributed by atoms with Crippen molar-refractivity contribution in [3.63, 3.8) is 0 Å². The highest BCUT2D eigenvalue weighted by atomic mass is 16.5. The zero-order valence-electron chi connectivity index (χ0n) is 10.8. The number of carbonyl (C=O) groups is 1. The molecule has 98 valence electrons. The SMILES string of the molecule is Cc1ccccc1[C@](C)(C(=O)O)N1CCOCC1. The summed E-state index contributed by atoms with van der Waals surface area (Å²) >= 11 is 0. The van der Waals surface area contributed by atoms with E-state index in [-0.39, 0.29) is 0 Å². The van der Waals surface area contributed by atoms with Crippen LogP contribution in [0.25, 0.3) is 0 Å². The fraction of sp³-hybridized carbons (Fsp3) is 0.500. The van der Waals surface area contributed by atoms with Crippen LogP contribution in [0.3, 0.4) is 0 Å². The summed E-state index contributed by atoms with van der Waals surface area (Å²) in [4.78, 5) is 13.8. The number of carboxylic acid groups (broad SMARTS) is 1. The van der Waals surface area contributed by atoms with Crippen molar-refractivity contribution in [1.29, 1.82) is 0 Å². The van der Waals surface area contributed by atoms with Gasteiger partial charge in [0, 0.05) is 13.1 Å². The first-order valence-electron chi connectivity index (χ1n) is 6.19. The Morgan fingerprint density at radius 1 is 1.33 bits per heavy atom. The minimum absolute atomic E-state index is 0.592. The molecule has 1 saturated heterocycles. The lowest BCUT2D eigenvalue weighted by Gasteiger charge is -2.41. The molecule has 18 heavy (non-hydrogen) atoms. The van der Waals surface area contributed by atoms with Gasteiger partial charge in [-0.15, -0.1) is 0 Å². The summed E-state index contributed by atoms with van der Waals surface area (Å²) < 4.78 is 5.31. The predicted molar refractivity (Wildman–Crippen MR) is 68.6 cm³/mol. The fourth-order valence-electron chi connectivity index (χ4n) is 2.55. The molecular weight excluding hydrogens is 230 g/mol. The van der Waals surface area contributed by atoms with Crippen molar-refractivity contribution in [3.8, 4) is 0 Å². The minimum atomic E-state index is -0.977. The lowest BCUT2D eigenvalue weighted by atomic mass is 9.86. The highest BCUT2D eigenvalue weighted by Gasteiger charge is 2.42. The molecule has 0 spiro atoms. The quantitative estimate of drug-likeness (QED) is 0.884. The Bertz CT molecular complexity index is 440. The molecule has 1 aromatic carbocycles. The van der Waals surface area contributed by atoms with Crippen LogP contribution >= 0.6 is 0 Å². The number of benzene rings is 1. The van der Waals surface area contributed by atoms with Gasteiger partial charge in [0.15, 0.2) is 0 Å². The maximum absolute atomic E-state index is 11.8. The van der Waals surface area contributed by atoms with Gasteiger partial charge in [0.25, 0.3) is 0 Å². The third-order valence-electron chi connectivity index (χ3n) is 3.73. The second kappa shape index (κ2) is 5.08. The summed E-state index contributed by atoms with van der Waals surface area (Å²) in [5.74, 6) is -0.807. The number of hydrogen-bond donors (Lipinski definition) is 1. The second-order valence-electron chi connectivity index (χ2n) is 4.79. The van der Waals surface area contributed by atoms with E-state index in [4.69, 9.17) is 4.74 Å². The lowest BCUT2D eigenvalue weighted by Crippen LogP contribution is -2.54. The lowest BCUT2D eigenvalue weighted by molar-refractivity contribution is -0.154.